The van der Waals surface area contributed by atoms with Crippen molar-refractivity contribution in [2.75, 3.05) is 5.32 Å². The summed E-state index contributed by atoms with van der Waals surface area (Å²) in [6, 6.07) is 13.5. The fraction of sp³-hybridized carbons (Fsp3) is 0.176. The Morgan fingerprint density at radius 2 is 1.96 bits per heavy atom. The number of benzene rings is 2. The van der Waals surface area contributed by atoms with Gasteiger partial charge in [-0.2, -0.15) is 4.80 Å². The molecule has 7 heteroatoms. The van der Waals surface area contributed by atoms with E-state index in [4.69, 9.17) is 0 Å². The van der Waals surface area contributed by atoms with Gasteiger partial charge in [-0.25, -0.2) is 0 Å². The van der Waals surface area contributed by atoms with E-state index in [0.29, 0.717) is 5.82 Å². The first-order valence-corrected chi connectivity index (χ1v) is 8.22. The molecule has 0 bridgehead atoms. The Bertz CT molecular complexity index is 890. The van der Waals surface area contributed by atoms with Crippen LogP contribution in [0.2, 0.25) is 0 Å². The van der Waals surface area contributed by atoms with Crippen molar-refractivity contribution in [1.82, 2.24) is 20.2 Å². The maximum absolute atomic E-state index is 12.2. The molecular formula is C17H16BrN5O. The third kappa shape index (κ3) is 3.68. The van der Waals surface area contributed by atoms with E-state index in [2.05, 4.69) is 36.7 Å². The average molecular weight is 386 g/mol. The molecule has 0 aliphatic rings. The highest BCUT2D eigenvalue weighted by Gasteiger charge is 2.11. The summed E-state index contributed by atoms with van der Waals surface area (Å²) in [5.74, 6) is 0.315. The number of carbonyl (C=O) groups excluding carboxylic acids is 1. The lowest BCUT2D eigenvalue weighted by atomic mass is 10.1. The molecule has 0 unspecified atom stereocenters. The van der Waals surface area contributed by atoms with Crippen LogP contribution in [-0.4, -0.2) is 26.1 Å². The molecule has 3 aromatic rings. The fourth-order valence-corrected chi connectivity index (χ4v) is 2.80. The van der Waals surface area contributed by atoms with Gasteiger partial charge >= 0.3 is 0 Å². The van der Waals surface area contributed by atoms with Crippen LogP contribution >= 0.6 is 15.9 Å². The Hall–Kier alpha value is -2.54. The van der Waals surface area contributed by atoms with Gasteiger partial charge in [0.1, 0.15) is 6.54 Å². The first-order valence-electron chi connectivity index (χ1n) is 7.43. The minimum Gasteiger partial charge on any atom is -0.324 e. The summed E-state index contributed by atoms with van der Waals surface area (Å²) in [5, 5.41) is 15.1. The second-order valence-electron chi connectivity index (χ2n) is 5.47. The number of anilines is 1. The van der Waals surface area contributed by atoms with Gasteiger partial charge in [0.15, 0.2) is 0 Å². The summed E-state index contributed by atoms with van der Waals surface area (Å²) < 4.78 is 0.971. The van der Waals surface area contributed by atoms with Crippen LogP contribution in [0.3, 0.4) is 0 Å². The number of aryl methyl sites for hydroxylation is 2. The Balaban J connectivity index is 1.70. The third-order valence-electron chi connectivity index (χ3n) is 3.59. The fourth-order valence-electron chi connectivity index (χ4n) is 2.33. The number of hydrogen-bond donors (Lipinski definition) is 1. The summed E-state index contributed by atoms with van der Waals surface area (Å²) >= 11 is 3.40. The van der Waals surface area contributed by atoms with Gasteiger partial charge in [0.05, 0.1) is 0 Å². The van der Waals surface area contributed by atoms with E-state index in [0.717, 1.165) is 26.9 Å². The molecule has 0 aliphatic heterocycles. The van der Waals surface area contributed by atoms with Crippen molar-refractivity contribution in [3.63, 3.8) is 0 Å². The van der Waals surface area contributed by atoms with Gasteiger partial charge in [-0.3, -0.25) is 4.79 Å². The molecule has 24 heavy (non-hydrogen) atoms. The zero-order valence-corrected chi connectivity index (χ0v) is 14.9. The van der Waals surface area contributed by atoms with Crippen molar-refractivity contribution < 1.29 is 4.79 Å². The summed E-state index contributed by atoms with van der Waals surface area (Å²) in [5.41, 5.74) is 3.72. The first-order chi connectivity index (χ1) is 11.5. The van der Waals surface area contributed by atoms with Gasteiger partial charge in [0.25, 0.3) is 0 Å². The second kappa shape index (κ2) is 6.92. The number of aromatic nitrogens is 4. The molecule has 0 aliphatic carbocycles. The molecule has 0 saturated heterocycles. The molecule has 1 aromatic heterocycles. The maximum Gasteiger partial charge on any atom is 0.248 e. The highest BCUT2D eigenvalue weighted by molar-refractivity contribution is 9.10. The predicted molar refractivity (Wildman–Crippen MR) is 95.5 cm³/mol. The molecule has 6 nitrogen and oxygen atoms in total. The summed E-state index contributed by atoms with van der Waals surface area (Å²) in [4.78, 5) is 13.5. The monoisotopic (exact) mass is 385 g/mol. The standard InChI is InChI=1S/C17H16BrN5O/c1-11-5-3-4-6-14(11)17-20-22-23(21-17)10-16(24)19-15-8-7-13(18)9-12(15)2/h3-9H,10H2,1-2H3,(H,19,24). The highest BCUT2D eigenvalue weighted by atomic mass is 79.9. The van der Waals surface area contributed by atoms with Crippen LogP contribution in [0.4, 0.5) is 5.69 Å². The largest absolute Gasteiger partial charge is 0.324 e. The molecule has 0 radical (unpaired) electrons. The van der Waals surface area contributed by atoms with Crippen LogP contribution in [0.1, 0.15) is 11.1 Å². The normalized spacial score (nSPS) is 10.6. The van der Waals surface area contributed by atoms with E-state index in [1.165, 1.54) is 4.80 Å². The van der Waals surface area contributed by atoms with Crippen molar-refractivity contribution >= 4 is 27.5 Å². The number of amides is 1. The minimum atomic E-state index is -0.200. The van der Waals surface area contributed by atoms with E-state index in [1.807, 2.05) is 56.3 Å². The molecule has 1 N–H and O–H groups in total. The molecule has 0 spiro atoms. The summed E-state index contributed by atoms with van der Waals surface area (Å²) in [6.45, 7) is 3.93. The van der Waals surface area contributed by atoms with Crippen LogP contribution in [0.5, 0.6) is 0 Å². The number of nitrogens with zero attached hydrogens (tertiary/aromatic N) is 4. The van der Waals surface area contributed by atoms with Crippen LogP contribution in [0, 0.1) is 13.8 Å². The molecular weight excluding hydrogens is 370 g/mol. The highest BCUT2D eigenvalue weighted by Crippen LogP contribution is 2.20. The summed E-state index contributed by atoms with van der Waals surface area (Å²) in [6.07, 6.45) is 0. The number of rotatable bonds is 4. The lowest BCUT2D eigenvalue weighted by Crippen LogP contribution is -2.20. The predicted octanol–water partition coefficient (Wildman–Crippen LogP) is 3.36. The lowest BCUT2D eigenvalue weighted by Gasteiger charge is -2.08. The average Bonchev–Trinajstić information content (AvgIpc) is 2.99. The Labute approximate surface area is 148 Å². The molecule has 1 heterocycles. The lowest BCUT2D eigenvalue weighted by molar-refractivity contribution is -0.117. The van der Waals surface area contributed by atoms with Crippen LogP contribution in [0.25, 0.3) is 11.4 Å². The SMILES string of the molecule is Cc1cc(Br)ccc1NC(=O)Cn1nnc(-c2ccccc2C)n1. The van der Waals surface area contributed by atoms with Gasteiger partial charge < -0.3 is 5.32 Å². The zero-order valence-electron chi connectivity index (χ0n) is 13.3. The van der Waals surface area contributed by atoms with Crippen molar-refractivity contribution in [2.24, 2.45) is 0 Å². The summed E-state index contributed by atoms with van der Waals surface area (Å²) in [7, 11) is 0. The van der Waals surface area contributed by atoms with E-state index in [-0.39, 0.29) is 12.5 Å². The van der Waals surface area contributed by atoms with E-state index < -0.39 is 0 Å². The third-order valence-corrected chi connectivity index (χ3v) is 4.08. The van der Waals surface area contributed by atoms with Crippen LogP contribution < -0.4 is 5.32 Å². The van der Waals surface area contributed by atoms with Crippen molar-refractivity contribution in [3.8, 4) is 11.4 Å². The number of halogens is 1. The molecule has 0 atom stereocenters. The number of hydrogen-bond acceptors (Lipinski definition) is 4. The van der Waals surface area contributed by atoms with Gasteiger partial charge in [0, 0.05) is 15.7 Å². The number of carbonyl (C=O) groups is 1. The van der Waals surface area contributed by atoms with Gasteiger partial charge in [-0.15, -0.1) is 10.2 Å². The Kier molecular flexibility index (Phi) is 4.71. The first kappa shape index (κ1) is 16.3. The molecule has 0 fully saturated rings. The van der Waals surface area contributed by atoms with E-state index in [1.54, 1.807) is 0 Å². The van der Waals surface area contributed by atoms with Crippen LogP contribution in [0.15, 0.2) is 46.9 Å². The van der Waals surface area contributed by atoms with Gasteiger partial charge in [0.2, 0.25) is 11.7 Å². The molecule has 0 saturated carbocycles. The Morgan fingerprint density at radius 1 is 1.17 bits per heavy atom. The molecule has 3 rings (SSSR count). The Morgan fingerprint density at radius 3 is 2.71 bits per heavy atom. The maximum atomic E-state index is 12.2. The van der Waals surface area contributed by atoms with E-state index >= 15 is 0 Å². The molecule has 2 aromatic carbocycles. The quantitative estimate of drug-likeness (QED) is 0.747. The minimum absolute atomic E-state index is 0.00832. The number of tetrazole rings is 1. The van der Waals surface area contributed by atoms with Gasteiger partial charge in [-0.05, 0) is 48.4 Å². The van der Waals surface area contributed by atoms with Crippen molar-refractivity contribution in [1.29, 1.82) is 0 Å². The number of nitrogens with one attached hydrogen (secondary N) is 1. The smallest absolute Gasteiger partial charge is 0.248 e. The molecule has 122 valence electrons. The molecule has 1 amide bonds. The van der Waals surface area contributed by atoms with Crippen LogP contribution in [-0.2, 0) is 11.3 Å². The second-order valence-corrected chi connectivity index (χ2v) is 6.38. The zero-order chi connectivity index (χ0) is 17.1. The van der Waals surface area contributed by atoms with Gasteiger partial charge in [-0.1, -0.05) is 40.2 Å². The van der Waals surface area contributed by atoms with Crippen molar-refractivity contribution in [3.05, 3.63) is 58.1 Å². The van der Waals surface area contributed by atoms with E-state index in [9.17, 15) is 4.79 Å². The van der Waals surface area contributed by atoms with Crippen molar-refractivity contribution in [2.45, 2.75) is 20.4 Å². The topological polar surface area (TPSA) is 72.7 Å².